The number of carbonyl (C=O) groups excluding carboxylic acids is 1. The van der Waals surface area contributed by atoms with E-state index in [0.717, 1.165) is 0 Å². The summed E-state index contributed by atoms with van der Waals surface area (Å²) in [5.74, 6) is -1.26. The van der Waals surface area contributed by atoms with Crippen LogP contribution in [-0.2, 0) is 0 Å². The summed E-state index contributed by atoms with van der Waals surface area (Å²) in [5.41, 5.74) is -0.327. The third-order valence-corrected chi connectivity index (χ3v) is 3.34. The van der Waals surface area contributed by atoms with Gasteiger partial charge in [-0.15, -0.1) is 0 Å². The van der Waals surface area contributed by atoms with E-state index in [1.165, 1.54) is 6.33 Å². The second-order valence-corrected chi connectivity index (χ2v) is 5.26. The Morgan fingerprint density at radius 1 is 1.50 bits per heavy atom. The van der Waals surface area contributed by atoms with E-state index in [2.05, 4.69) is 29.1 Å². The molecule has 1 aromatic rings. The molecule has 1 aromatic heterocycles. The molecule has 1 rings (SSSR count). The molecular formula is C12H19N3O3. The molecule has 0 saturated heterocycles. The SMILES string of the molecule is CC(C)C(C)(C)CNC(=O)c1nc[nH]c1C(=O)O. The van der Waals surface area contributed by atoms with Crippen LogP contribution >= 0.6 is 0 Å². The van der Waals surface area contributed by atoms with Gasteiger partial charge in [0, 0.05) is 6.54 Å². The second-order valence-electron chi connectivity index (χ2n) is 5.26. The van der Waals surface area contributed by atoms with E-state index in [9.17, 15) is 9.59 Å². The highest BCUT2D eigenvalue weighted by Gasteiger charge is 2.25. The Morgan fingerprint density at radius 3 is 2.61 bits per heavy atom. The molecule has 0 saturated carbocycles. The van der Waals surface area contributed by atoms with Gasteiger partial charge in [-0.1, -0.05) is 27.7 Å². The molecule has 0 bridgehead atoms. The van der Waals surface area contributed by atoms with Crippen molar-refractivity contribution in [3.8, 4) is 0 Å². The molecule has 3 N–H and O–H groups in total. The summed E-state index contributed by atoms with van der Waals surface area (Å²) in [4.78, 5) is 28.9. The number of aromatic amines is 1. The molecule has 0 spiro atoms. The average molecular weight is 253 g/mol. The number of H-pyrrole nitrogens is 1. The van der Waals surface area contributed by atoms with Gasteiger partial charge >= 0.3 is 5.97 Å². The molecular weight excluding hydrogens is 234 g/mol. The van der Waals surface area contributed by atoms with Gasteiger partial charge in [0.25, 0.3) is 5.91 Å². The lowest BCUT2D eigenvalue weighted by Crippen LogP contribution is -2.37. The fourth-order valence-corrected chi connectivity index (χ4v) is 1.23. The van der Waals surface area contributed by atoms with Crippen LogP contribution in [0.4, 0.5) is 0 Å². The topological polar surface area (TPSA) is 95.1 Å². The number of nitrogens with zero attached hydrogens (tertiary/aromatic N) is 1. The fraction of sp³-hybridized carbons (Fsp3) is 0.583. The van der Waals surface area contributed by atoms with Crippen molar-refractivity contribution in [2.45, 2.75) is 27.7 Å². The second kappa shape index (κ2) is 5.20. The van der Waals surface area contributed by atoms with Gasteiger partial charge in [-0.25, -0.2) is 9.78 Å². The lowest BCUT2D eigenvalue weighted by Gasteiger charge is -2.29. The molecule has 0 aliphatic carbocycles. The number of aromatic carboxylic acids is 1. The van der Waals surface area contributed by atoms with Crippen LogP contribution in [0.15, 0.2) is 6.33 Å². The van der Waals surface area contributed by atoms with Crippen molar-refractivity contribution in [2.24, 2.45) is 11.3 Å². The number of hydrogen-bond donors (Lipinski definition) is 3. The van der Waals surface area contributed by atoms with Gasteiger partial charge in [0.15, 0.2) is 11.4 Å². The van der Waals surface area contributed by atoms with E-state index in [1.807, 2.05) is 13.8 Å². The Bertz CT molecular complexity index is 449. The van der Waals surface area contributed by atoms with Crippen molar-refractivity contribution in [1.82, 2.24) is 15.3 Å². The van der Waals surface area contributed by atoms with Crippen molar-refractivity contribution >= 4 is 11.9 Å². The molecule has 1 amide bonds. The number of carboxylic acids is 1. The van der Waals surface area contributed by atoms with E-state index < -0.39 is 11.9 Å². The van der Waals surface area contributed by atoms with Gasteiger partial charge in [0.2, 0.25) is 0 Å². The Labute approximate surface area is 106 Å². The summed E-state index contributed by atoms with van der Waals surface area (Å²) in [6, 6.07) is 0. The Kier molecular flexibility index (Phi) is 4.11. The smallest absolute Gasteiger partial charge is 0.354 e. The quantitative estimate of drug-likeness (QED) is 0.741. The number of amides is 1. The zero-order valence-electron chi connectivity index (χ0n) is 11.1. The van der Waals surface area contributed by atoms with Crippen LogP contribution < -0.4 is 5.32 Å². The maximum absolute atomic E-state index is 11.8. The minimum atomic E-state index is -1.19. The average Bonchev–Trinajstić information content (AvgIpc) is 2.74. The molecule has 0 aliphatic heterocycles. The number of rotatable bonds is 5. The largest absolute Gasteiger partial charge is 0.477 e. The molecule has 0 atom stereocenters. The predicted octanol–water partition coefficient (Wildman–Crippen LogP) is 1.52. The minimum absolute atomic E-state index is 0.0602. The minimum Gasteiger partial charge on any atom is -0.477 e. The van der Waals surface area contributed by atoms with E-state index in [0.29, 0.717) is 12.5 Å². The maximum atomic E-state index is 11.8. The first-order valence-electron chi connectivity index (χ1n) is 5.80. The Hall–Kier alpha value is -1.85. The van der Waals surface area contributed by atoms with Crippen LogP contribution in [0.25, 0.3) is 0 Å². The summed E-state index contributed by atoms with van der Waals surface area (Å²) in [6.45, 7) is 8.70. The van der Waals surface area contributed by atoms with E-state index in [-0.39, 0.29) is 16.8 Å². The molecule has 0 unspecified atom stereocenters. The number of aromatic nitrogens is 2. The van der Waals surface area contributed by atoms with Crippen molar-refractivity contribution in [3.05, 3.63) is 17.7 Å². The molecule has 100 valence electrons. The predicted molar refractivity (Wildman–Crippen MR) is 66.5 cm³/mol. The summed E-state index contributed by atoms with van der Waals surface area (Å²) in [6.07, 6.45) is 1.20. The molecule has 0 aromatic carbocycles. The number of hydrogen-bond acceptors (Lipinski definition) is 3. The normalized spacial score (nSPS) is 11.6. The molecule has 0 fully saturated rings. The van der Waals surface area contributed by atoms with Gasteiger partial charge in [-0.3, -0.25) is 4.79 Å². The number of nitrogens with one attached hydrogen (secondary N) is 2. The number of carbonyl (C=O) groups is 2. The molecule has 0 radical (unpaired) electrons. The van der Waals surface area contributed by atoms with Gasteiger partial charge in [0.1, 0.15) is 0 Å². The Morgan fingerprint density at radius 2 is 2.11 bits per heavy atom. The standard InChI is InChI=1S/C12H19N3O3/c1-7(2)12(3,4)5-13-10(16)8-9(11(17)18)15-6-14-8/h6-7H,5H2,1-4H3,(H,13,16)(H,14,15)(H,17,18). The summed E-state index contributed by atoms with van der Waals surface area (Å²) in [7, 11) is 0. The highest BCUT2D eigenvalue weighted by Crippen LogP contribution is 2.24. The van der Waals surface area contributed by atoms with E-state index >= 15 is 0 Å². The lowest BCUT2D eigenvalue weighted by molar-refractivity contribution is 0.0684. The molecule has 0 aliphatic rings. The zero-order valence-corrected chi connectivity index (χ0v) is 11.1. The fourth-order valence-electron chi connectivity index (χ4n) is 1.23. The maximum Gasteiger partial charge on any atom is 0.354 e. The first kappa shape index (κ1) is 14.2. The molecule has 6 heteroatoms. The van der Waals surface area contributed by atoms with Gasteiger partial charge in [-0.05, 0) is 11.3 Å². The van der Waals surface area contributed by atoms with Crippen molar-refractivity contribution < 1.29 is 14.7 Å². The third kappa shape index (κ3) is 3.09. The van der Waals surface area contributed by atoms with Crippen LogP contribution in [0.2, 0.25) is 0 Å². The highest BCUT2D eigenvalue weighted by atomic mass is 16.4. The number of imidazole rings is 1. The van der Waals surface area contributed by atoms with Gasteiger partial charge in [0.05, 0.1) is 6.33 Å². The first-order valence-corrected chi connectivity index (χ1v) is 5.80. The molecule has 6 nitrogen and oxygen atoms in total. The molecule has 1 heterocycles. The summed E-state index contributed by atoms with van der Waals surface area (Å²) < 4.78 is 0. The highest BCUT2D eigenvalue weighted by molar-refractivity contribution is 6.02. The lowest BCUT2D eigenvalue weighted by atomic mass is 9.81. The van der Waals surface area contributed by atoms with Crippen LogP contribution in [-0.4, -0.2) is 33.5 Å². The van der Waals surface area contributed by atoms with E-state index in [1.54, 1.807) is 0 Å². The van der Waals surface area contributed by atoms with E-state index in [4.69, 9.17) is 5.11 Å². The van der Waals surface area contributed by atoms with Crippen LogP contribution in [0.1, 0.15) is 48.7 Å². The van der Waals surface area contributed by atoms with Gasteiger partial charge in [-0.2, -0.15) is 0 Å². The van der Waals surface area contributed by atoms with Crippen molar-refractivity contribution in [3.63, 3.8) is 0 Å². The summed E-state index contributed by atoms with van der Waals surface area (Å²) in [5, 5.41) is 11.6. The summed E-state index contributed by atoms with van der Waals surface area (Å²) >= 11 is 0. The van der Waals surface area contributed by atoms with Gasteiger partial charge < -0.3 is 15.4 Å². The monoisotopic (exact) mass is 253 g/mol. The molecule has 18 heavy (non-hydrogen) atoms. The Balaban J connectivity index is 2.72. The third-order valence-electron chi connectivity index (χ3n) is 3.34. The van der Waals surface area contributed by atoms with Crippen molar-refractivity contribution in [1.29, 1.82) is 0 Å². The van der Waals surface area contributed by atoms with Crippen LogP contribution in [0, 0.1) is 11.3 Å². The zero-order chi connectivity index (χ0) is 13.9. The van der Waals surface area contributed by atoms with Crippen LogP contribution in [0.5, 0.6) is 0 Å². The van der Waals surface area contributed by atoms with Crippen molar-refractivity contribution in [2.75, 3.05) is 6.54 Å². The first-order chi connectivity index (χ1) is 8.25. The van der Waals surface area contributed by atoms with Crippen LogP contribution in [0.3, 0.4) is 0 Å². The number of carboxylic acid groups (broad SMARTS) is 1.